The minimum absolute atomic E-state index is 0.265. The van der Waals surface area contributed by atoms with Gasteiger partial charge in [0.15, 0.2) is 5.70 Å². The predicted octanol–water partition coefficient (Wildman–Crippen LogP) is 6.50. The largest absolute Gasteiger partial charge is 0.491 e. The average Bonchev–Trinajstić information content (AvgIpc) is 2.97. The quantitative estimate of drug-likeness (QED) is 0.218. The fourth-order valence-electron chi connectivity index (χ4n) is 2.52. The lowest BCUT2D eigenvalue weighted by molar-refractivity contribution is -0.129. The van der Waals surface area contributed by atoms with Crippen LogP contribution in [0, 0.1) is 16.4 Å². The van der Waals surface area contributed by atoms with Gasteiger partial charge in [-0.2, -0.15) is 0 Å². The second-order valence-corrected chi connectivity index (χ2v) is 9.69. The minimum Gasteiger partial charge on any atom is -0.491 e. The number of carbonyl (C=O) groups is 1. The van der Waals surface area contributed by atoms with Crippen LogP contribution in [0.4, 0.5) is 0 Å². The van der Waals surface area contributed by atoms with Gasteiger partial charge in [-0.25, -0.2) is 9.79 Å². The minimum atomic E-state index is -0.460. The summed E-state index contributed by atoms with van der Waals surface area (Å²) in [5.74, 6) is 1.03. The number of hydrogen-bond donors (Lipinski definition) is 0. The molecule has 0 N–H and O–H groups in total. The van der Waals surface area contributed by atoms with Crippen molar-refractivity contribution < 1.29 is 14.3 Å². The summed E-state index contributed by atoms with van der Waals surface area (Å²) in [6.07, 6.45) is 1.70. The van der Waals surface area contributed by atoms with E-state index in [1.807, 2.05) is 37.3 Å². The fraction of sp³-hybridized carbons (Fsp3) is 0.238. The molecule has 0 saturated carbocycles. The van der Waals surface area contributed by atoms with Gasteiger partial charge in [-0.1, -0.05) is 13.8 Å². The molecule has 0 unspecified atom stereocenters. The summed E-state index contributed by atoms with van der Waals surface area (Å²) in [6, 6.07) is 9.63. The van der Waals surface area contributed by atoms with Gasteiger partial charge in [0, 0.05) is 9.13 Å². The first kappa shape index (κ1) is 21.5. The Morgan fingerprint density at radius 1 is 1.21 bits per heavy atom. The Kier molecular flexibility index (Phi) is 6.98. The maximum atomic E-state index is 12.3. The predicted molar refractivity (Wildman–Crippen MR) is 127 cm³/mol. The van der Waals surface area contributed by atoms with Crippen molar-refractivity contribution in [1.29, 1.82) is 0 Å². The molecule has 0 bridgehead atoms. The van der Waals surface area contributed by atoms with Gasteiger partial charge in [-0.3, -0.25) is 0 Å². The van der Waals surface area contributed by atoms with E-state index in [0.29, 0.717) is 18.4 Å². The van der Waals surface area contributed by atoms with Crippen molar-refractivity contribution in [1.82, 2.24) is 0 Å². The Morgan fingerprint density at radius 3 is 2.50 bits per heavy atom. The van der Waals surface area contributed by atoms with Gasteiger partial charge in [-0.15, -0.1) is 0 Å². The van der Waals surface area contributed by atoms with E-state index in [0.717, 1.165) is 35.0 Å². The summed E-state index contributed by atoms with van der Waals surface area (Å²) >= 11 is 9.35. The number of aryl methyl sites for hydroxylation is 1. The molecule has 0 spiro atoms. The summed E-state index contributed by atoms with van der Waals surface area (Å²) in [5, 5.41) is 0. The van der Waals surface area contributed by atoms with E-state index in [2.05, 4.69) is 73.3 Å². The van der Waals surface area contributed by atoms with Crippen LogP contribution in [0.25, 0.3) is 6.08 Å². The van der Waals surface area contributed by atoms with E-state index >= 15 is 0 Å². The van der Waals surface area contributed by atoms with Crippen LogP contribution in [-0.4, -0.2) is 18.5 Å². The lowest BCUT2D eigenvalue weighted by Gasteiger charge is -2.13. The number of ether oxygens (including phenoxy) is 2. The third-order valence-corrected chi connectivity index (χ3v) is 6.30. The van der Waals surface area contributed by atoms with Gasteiger partial charge in [0.2, 0.25) is 5.90 Å². The highest BCUT2D eigenvalue weighted by atomic mass is 127. The molecule has 4 nitrogen and oxygen atoms in total. The molecule has 1 aliphatic heterocycles. The molecule has 28 heavy (non-hydrogen) atoms. The smallest absolute Gasteiger partial charge is 0.363 e. The first-order chi connectivity index (χ1) is 13.2. The highest BCUT2D eigenvalue weighted by Gasteiger charge is 2.24. The molecule has 3 rings (SSSR count). The van der Waals surface area contributed by atoms with Crippen LogP contribution in [0.15, 0.2) is 50.0 Å². The molecule has 1 heterocycles. The van der Waals surface area contributed by atoms with Crippen LogP contribution in [0.3, 0.4) is 0 Å². The molecule has 0 aliphatic carbocycles. The number of nitrogens with zero attached hydrogens (tertiary/aromatic N) is 1. The maximum Gasteiger partial charge on any atom is 0.363 e. The topological polar surface area (TPSA) is 47.9 Å². The molecule has 7 heteroatoms. The zero-order valence-electron chi connectivity index (χ0n) is 15.6. The van der Waals surface area contributed by atoms with Crippen molar-refractivity contribution in [2.75, 3.05) is 6.61 Å². The summed E-state index contributed by atoms with van der Waals surface area (Å²) in [4.78, 5) is 16.7. The van der Waals surface area contributed by atoms with Crippen LogP contribution in [0.5, 0.6) is 5.75 Å². The number of benzene rings is 2. The van der Waals surface area contributed by atoms with Crippen molar-refractivity contribution in [2.24, 2.45) is 10.9 Å². The van der Waals surface area contributed by atoms with E-state index < -0.39 is 5.97 Å². The number of rotatable bonds is 5. The number of aliphatic imine (C=N–C) groups is 1. The van der Waals surface area contributed by atoms with E-state index in [1.165, 1.54) is 0 Å². The van der Waals surface area contributed by atoms with Crippen LogP contribution in [-0.2, 0) is 9.53 Å². The van der Waals surface area contributed by atoms with E-state index in [-0.39, 0.29) is 5.70 Å². The Bertz CT molecular complexity index is 976. The van der Waals surface area contributed by atoms with Gasteiger partial charge < -0.3 is 9.47 Å². The maximum absolute atomic E-state index is 12.3. The lowest BCUT2D eigenvalue weighted by Crippen LogP contribution is -2.06. The molecule has 2 aromatic carbocycles. The van der Waals surface area contributed by atoms with Crippen molar-refractivity contribution in [3.8, 4) is 5.75 Å². The summed E-state index contributed by atoms with van der Waals surface area (Å²) in [7, 11) is 0. The summed E-state index contributed by atoms with van der Waals surface area (Å²) < 4.78 is 14.0. The van der Waals surface area contributed by atoms with Crippen molar-refractivity contribution in [2.45, 2.75) is 20.8 Å². The third kappa shape index (κ3) is 5.04. The van der Waals surface area contributed by atoms with Crippen molar-refractivity contribution >= 4 is 72.4 Å². The molecule has 0 saturated heterocycles. The number of cyclic esters (lactones) is 1. The van der Waals surface area contributed by atoms with Gasteiger partial charge >= 0.3 is 5.97 Å². The molecule has 146 valence electrons. The molecular formula is C21H18Br2INO3. The highest BCUT2D eigenvalue weighted by Crippen LogP contribution is 2.36. The van der Waals surface area contributed by atoms with Crippen molar-refractivity contribution in [3.05, 3.63) is 65.2 Å². The monoisotopic (exact) mass is 617 g/mol. The van der Waals surface area contributed by atoms with Gasteiger partial charge in [0.25, 0.3) is 0 Å². The zero-order chi connectivity index (χ0) is 20.4. The molecule has 1 aliphatic rings. The fourth-order valence-corrected chi connectivity index (χ4v) is 4.31. The summed E-state index contributed by atoms with van der Waals surface area (Å²) in [5.41, 5.74) is 2.97. The van der Waals surface area contributed by atoms with Gasteiger partial charge in [0.05, 0.1) is 15.6 Å². The number of esters is 1. The first-order valence-corrected chi connectivity index (χ1v) is 11.3. The molecule has 0 amide bonds. The number of hydrogen-bond acceptors (Lipinski definition) is 4. The van der Waals surface area contributed by atoms with Crippen LogP contribution < -0.4 is 4.74 Å². The molecule has 0 fully saturated rings. The Labute approximate surface area is 194 Å². The number of halogens is 3. The van der Waals surface area contributed by atoms with Gasteiger partial charge in [0.1, 0.15) is 5.75 Å². The van der Waals surface area contributed by atoms with Gasteiger partial charge in [-0.05, 0) is 115 Å². The standard InChI is InChI=1S/C21H18Br2INO3/c1-11(2)10-27-19-15(22)7-13(8-16(19)23)9-18-21(26)28-20(25-18)14-4-5-17(24)12(3)6-14/h4-9,11H,10H2,1-3H3/b18-9-. The normalized spacial score (nSPS) is 15.2. The third-order valence-electron chi connectivity index (χ3n) is 3.91. The van der Waals surface area contributed by atoms with E-state index in [9.17, 15) is 4.79 Å². The Balaban J connectivity index is 1.89. The molecule has 2 aromatic rings. The highest BCUT2D eigenvalue weighted by molar-refractivity contribution is 14.1. The second kappa shape index (κ2) is 9.09. The molecule has 0 atom stereocenters. The van der Waals surface area contributed by atoms with E-state index in [4.69, 9.17) is 9.47 Å². The van der Waals surface area contributed by atoms with Crippen LogP contribution in [0.2, 0.25) is 0 Å². The summed E-state index contributed by atoms with van der Waals surface area (Å²) in [6.45, 7) is 6.82. The lowest BCUT2D eigenvalue weighted by atomic mass is 10.1. The first-order valence-electron chi connectivity index (χ1n) is 8.65. The Morgan fingerprint density at radius 2 is 1.89 bits per heavy atom. The second-order valence-electron chi connectivity index (χ2n) is 6.82. The SMILES string of the molecule is Cc1cc(C2=N/C(=C\c3cc(Br)c(OCC(C)C)c(Br)c3)C(=O)O2)ccc1I. The number of carbonyl (C=O) groups excluding carboxylic acids is 1. The molecule has 0 aromatic heterocycles. The van der Waals surface area contributed by atoms with E-state index in [1.54, 1.807) is 6.08 Å². The zero-order valence-corrected chi connectivity index (χ0v) is 20.9. The molecule has 0 radical (unpaired) electrons. The van der Waals surface area contributed by atoms with Crippen molar-refractivity contribution in [3.63, 3.8) is 0 Å². The average molecular weight is 619 g/mol. The Hall–Kier alpha value is -1.19. The van der Waals surface area contributed by atoms with Crippen LogP contribution in [0.1, 0.15) is 30.5 Å². The molecular weight excluding hydrogens is 601 g/mol. The van der Waals surface area contributed by atoms with Crippen LogP contribution >= 0.6 is 54.5 Å².